The zero-order valence-electron chi connectivity index (χ0n) is 15.4. The van der Waals surface area contributed by atoms with Crippen LogP contribution < -0.4 is 15.4 Å². The molecule has 0 atom stereocenters. The van der Waals surface area contributed by atoms with Crippen LogP contribution in [0.5, 0.6) is 11.6 Å². The van der Waals surface area contributed by atoms with Crippen molar-refractivity contribution in [3.05, 3.63) is 47.1 Å². The number of benzene rings is 1. The maximum atomic E-state index is 11.8. The van der Waals surface area contributed by atoms with Crippen molar-refractivity contribution in [1.82, 2.24) is 19.9 Å². The van der Waals surface area contributed by atoms with Gasteiger partial charge in [-0.25, -0.2) is 9.88 Å². The molecule has 2 heterocycles. The van der Waals surface area contributed by atoms with Crippen LogP contribution in [-0.2, 0) is 9.59 Å². The highest BCUT2D eigenvalue weighted by Gasteiger charge is 2.22. The van der Waals surface area contributed by atoms with Crippen LogP contribution in [-0.4, -0.2) is 31.8 Å². The first-order chi connectivity index (χ1) is 13.8. The zero-order valence-corrected chi connectivity index (χ0v) is 17.8. The normalized spacial score (nSPS) is 10.4. The number of amides is 2. The first-order valence-corrected chi connectivity index (χ1v) is 9.84. The summed E-state index contributed by atoms with van der Waals surface area (Å²) in [6, 6.07) is 12.7. The number of halogens is 1. The predicted octanol–water partition coefficient (Wildman–Crippen LogP) is 3.45. The van der Waals surface area contributed by atoms with E-state index in [4.69, 9.17) is 10.5 Å². The smallest absolute Gasteiger partial charge is 0.244 e. The molecule has 0 spiro atoms. The van der Waals surface area contributed by atoms with Crippen LogP contribution in [0.3, 0.4) is 0 Å². The Morgan fingerprint density at radius 3 is 2.34 bits per heavy atom. The minimum atomic E-state index is -0.530. The first-order valence-electron chi connectivity index (χ1n) is 8.23. The summed E-state index contributed by atoms with van der Waals surface area (Å²) in [5, 5.41) is 0.182. The highest BCUT2D eigenvalue weighted by Crippen LogP contribution is 2.36. The monoisotopic (exact) mass is 474 g/mol. The van der Waals surface area contributed by atoms with Crippen molar-refractivity contribution < 1.29 is 14.3 Å². The van der Waals surface area contributed by atoms with Crippen LogP contribution in [0.2, 0.25) is 0 Å². The van der Waals surface area contributed by atoms with E-state index >= 15 is 0 Å². The Morgan fingerprint density at radius 2 is 1.69 bits per heavy atom. The number of carbonyl (C=O) groups is 2. The maximum Gasteiger partial charge on any atom is 0.244 e. The molecule has 0 aliphatic rings. The van der Waals surface area contributed by atoms with Gasteiger partial charge in [0, 0.05) is 13.8 Å². The summed E-state index contributed by atoms with van der Waals surface area (Å²) in [6.45, 7) is 2.47. The van der Waals surface area contributed by atoms with Crippen molar-refractivity contribution in [1.29, 1.82) is 0 Å². The lowest BCUT2D eigenvalue weighted by molar-refractivity contribution is -0.124. The van der Waals surface area contributed by atoms with Crippen molar-refractivity contribution in [2.75, 3.05) is 10.6 Å². The quantitative estimate of drug-likeness (QED) is 0.553. The Bertz CT molecular complexity index is 1050. The molecule has 11 heteroatoms. The second-order valence-electron chi connectivity index (χ2n) is 5.60. The lowest BCUT2D eigenvalue weighted by Gasteiger charge is -2.15. The molecule has 3 aromatic rings. The number of carbonyl (C=O) groups excluding carboxylic acids is 2. The van der Waals surface area contributed by atoms with Gasteiger partial charge in [0.25, 0.3) is 0 Å². The van der Waals surface area contributed by atoms with Crippen molar-refractivity contribution in [3.8, 4) is 11.6 Å². The number of hydrogen-bond donors (Lipinski definition) is 1. The Kier molecular flexibility index (Phi) is 6.39. The number of para-hydroxylation sites is 1. The van der Waals surface area contributed by atoms with E-state index in [0.717, 1.165) is 16.7 Å². The molecule has 2 aromatic heterocycles. The van der Waals surface area contributed by atoms with E-state index in [2.05, 4.69) is 35.9 Å². The van der Waals surface area contributed by atoms with E-state index in [9.17, 15) is 9.59 Å². The summed E-state index contributed by atoms with van der Waals surface area (Å²) in [5.74, 6) is -0.396. The molecule has 0 aliphatic heterocycles. The summed E-state index contributed by atoms with van der Waals surface area (Å²) in [7, 11) is 0. The summed E-state index contributed by atoms with van der Waals surface area (Å²) in [6.07, 6.45) is 0. The molecule has 0 bridgehead atoms. The number of pyridine rings is 1. The molecule has 0 unspecified atom stereocenters. The van der Waals surface area contributed by atoms with Gasteiger partial charge in [-0.2, -0.15) is 15.0 Å². The van der Waals surface area contributed by atoms with Gasteiger partial charge in [0.2, 0.25) is 29.6 Å². The van der Waals surface area contributed by atoms with Crippen molar-refractivity contribution >= 4 is 51.4 Å². The van der Waals surface area contributed by atoms with E-state index in [0.29, 0.717) is 21.1 Å². The average Bonchev–Trinajstić information content (AvgIpc) is 2.64. The van der Waals surface area contributed by atoms with Crippen LogP contribution in [0, 0.1) is 0 Å². The first kappa shape index (κ1) is 20.7. The predicted molar refractivity (Wildman–Crippen MR) is 111 cm³/mol. The average molecular weight is 475 g/mol. The largest absolute Gasteiger partial charge is 0.438 e. The SMILES string of the molecule is CC(=O)N(C(C)=O)c1nc(N)nc(Sc2ccc(Br)nc2Oc2ccccc2)n1. The number of rotatable bonds is 5. The number of aromatic nitrogens is 4. The van der Waals surface area contributed by atoms with Gasteiger partial charge in [0.05, 0.1) is 4.90 Å². The Morgan fingerprint density at radius 1 is 1.00 bits per heavy atom. The maximum absolute atomic E-state index is 11.8. The Balaban J connectivity index is 1.96. The van der Waals surface area contributed by atoms with Gasteiger partial charge >= 0.3 is 0 Å². The van der Waals surface area contributed by atoms with Crippen molar-refractivity contribution in [2.45, 2.75) is 23.9 Å². The molecule has 0 radical (unpaired) electrons. The summed E-state index contributed by atoms with van der Waals surface area (Å²) < 4.78 is 6.45. The zero-order chi connectivity index (χ0) is 21.0. The Hall–Kier alpha value is -3.05. The van der Waals surface area contributed by atoms with Crippen molar-refractivity contribution in [2.24, 2.45) is 0 Å². The lowest BCUT2D eigenvalue weighted by atomic mass is 10.3. The molecule has 0 saturated heterocycles. The second-order valence-corrected chi connectivity index (χ2v) is 7.43. The second kappa shape index (κ2) is 8.97. The Labute approximate surface area is 178 Å². The number of anilines is 2. The molecule has 1 aromatic carbocycles. The highest BCUT2D eigenvalue weighted by molar-refractivity contribution is 9.10. The minimum absolute atomic E-state index is 0.124. The topological polar surface area (TPSA) is 124 Å². The molecule has 148 valence electrons. The molecule has 0 fully saturated rings. The summed E-state index contributed by atoms with van der Waals surface area (Å²) in [5.41, 5.74) is 5.76. The fourth-order valence-electron chi connectivity index (χ4n) is 2.26. The van der Waals surface area contributed by atoms with Gasteiger partial charge in [0.1, 0.15) is 10.4 Å². The summed E-state index contributed by atoms with van der Waals surface area (Å²) in [4.78, 5) is 41.5. The standard InChI is InChI=1S/C18H15BrN6O3S/c1-10(26)25(11(2)27)17-22-16(20)23-18(24-17)29-13-8-9-14(19)21-15(13)28-12-6-4-3-5-7-12/h3-9H,1-2H3,(H2,20,22,23,24). The van der Waals surface area contributed by atoms with E-state index in [-0.39, 0.29) is 17.1 Å². The highest BCUT2D eigenvalue weighted by atomic mass is 79.9. The fraction of sp³-hybridized carbons (Fsp3) is 0.111. The van der Waals surface area contributed by atoms with E-state index < -0.39 is 11.8 Å². The molecule has 0 saturated carbocycles. The van der Waals surface area contributed by atoms with Crippen molar-refractivity contribution in [3.63, 3.8) is 0 Å². The number of nitrogen functional groups attached to an aromatic ring is 1. The molecule has 3 rings (SSSR count). The van der Waals surface area contributed by atoms with Gasteiger partial charge < -0.3 is 10.5 Å². The van der Waals surface area contributed by atoms with Crippen LogP contribution >= 0.6 is 27.7 Å². The number of nitrogens with zero attached hydrogens (tertiary/aromatic N) is 5. The third-order valence-electron chi connectivity index (χ3n) is 3.40. The van der Waals surface area contributed by atoms with E-state index in [1.54, 1.807) is 24.3 Å². The number of hydrogen-bond acceptors (Lipinski definition) is 9. The number of ether oxygens (including phenoxy) is 1. The fourth-order valence-corrected chi connectivity index (χ4v) is 3.33. The number of imide groups is 1. The van der Waals surface area contributed by atoms with Gasteiger partial charge in [-0.05, 0) is 52.0 Å². The van der Waals surface area contributed by atoms with Gasteiger partial charge in [-0.15, -0.1) is 0 Å². The van der Waals surface area contributed by atoms with Gasteiger partial charge in [-0.1, -0.05) is 18.2 Å². The van der Waals surface area contributed by atoms with Gasteiger partial charge in [-0.3, -0.25) is 9.59 Å². The molecule has 29 heavy (non-hydrogen) atoms. The minimum Gasteiger partial charge on any atom is -0.438 e. The van der Waals surface area contributed by atoms with Gasteiger partial charge in [0.15, 0.2) is 5.16 Å². The molecule has 0 aliphatic carbocycles. The third kappa shape index (κ3) is 5.27. The van der Waals surface area contributed by atoms with Crippen LogP contribution in [0.1, 0.15) is 13.8 Å². The van der Waals surface area contributed by atoms with Crippen LogP contribution in [0.25, 0.3) is 0 Å². The van der Waals surface area contributed by atoms with E-state index in [1.165, 1.54) is 13.8 Å². The molecular weight excluding hydrogens is 460 g/mol. The number of nitrogens with two attached hydrogens (primary N) is 1. The molecular formula is C18H15BrN6O3S. The van der Waals surface area contributed by atoms with Crippen LogP contribution in [0.15, 0.2) is 57.1 Å². The molecule has 2 amide bonds. The molecule has 9 nitrogen and oxygen atoms in total. The third-order valence-corrected chi connectivity index (χ3v) is 4.74. The summed E-state index contributed by atoms with van der Waals surface area (Å²) >= 11 is 4.44. The molecule has 2 N–H and O–H groups in total. The lowest BCUT2D eigenvalue weighted by Crippen LogP contribution is -2.35. The van der Waals surface area contributed by atoms with Crippen LogP contribution in [0.4, 0.5) is 11.9 Å². The van der Waals surface area contributed by atoms with E-state index in [1.807, 2.05) is 18.2 Å².